The van der Waals surface area contributed by atoms with Crippen LogP contribution in [0.2, 0.25) is 0 Å². The third-order valence-corrected chi connectivity index (χ3v) is 5.80. The highest BCUT2D eigenvalue weighted by Crippen LogP contribution is 2.30. The number of fused-ring (bicyclic) bond motifs is 2. The molecule has 29 heavy (non-hydrogen) atoms. The second-order valence-electron chi connectivity index (χ2n) is 8.14. The summed E-state index contributed by atoms with van der Waals surface area (Å²) in [6.45, 7) is 6.91. The Hall–Kier alpha value is -2.94. The van der Waals surface area contributed by atoms with Crippen LogP contribution < -0.4 is 5.32 Å². The molecule has 1 aromatic carbocycles. The molecule has 0 saturated carbocycles. The first-order valence-electron chi connectivity index (χ1n) is 10.1. The molecule has 1 aliphatic rings. The topological polar surface area (TPSA) is 92.1 Å². The van der Waals surface area contributed by atoms with Crippen LogP contribution in [0.15, 0.2) is 24.3 Å². The Morgan fingerprint density at radius 1 is 1.21 bits per heavy atom. The fourth-order valence-electron chi connectivity index (χ4n) is 3.54. The van der Waals surface area contributed by atoms with E-state index in [0.717, 1.165) is 47.8 Å². The van der Waals surface area contributed by atoms with Gasteiger partial charge in [0.1, 0.15) is 5.54 Å². The summed E-state index contributed by atoms with van der Waals surface area (Å²) in [7, 11) is 0. The molecule has 1 aromatic heterocycles. The van der Waals surface area contributed by atoms with Crippen molar-refractivity contribution in [3.8, 4) is 6.07 Å². The zero-order valence-corrected chi connectivity index (χ0v) is 17.4. The number of aryl methyl sites for hydroxylation is 1. The van der Waals surface area contributed by atoms with Crippen LogP contribution in [0.3, 0.4) is 0 Å². The van der Waals surface area contributed by atoms with Gasteiger partial charge in [-0.3, -0.25) is 9.78 Å². The number of rotatable bonds is 5. The number of hydrogen-bond acceptors (Lipinski definition) is 5. The van der Waals surface area contributed by atoms with Gasteiger partial charge in [-0.25, -0.2) is 4.79 Å². The molecule has 2 atom stereocenters. The minimum absolute atomic E-state index is 0.0875. The first-order valence-corrected chi connectivity index (χ1v) is 10.1. The van der Waals surface area contributed by atoms with Gasteiger partial charge in [-0.1, -0.05) is 32.0 Å². The molecule has 1 amide bonds. The average Bonchev–Trinajstić information content (AvgIpc) is 2.71. The molecule has 1 aliphatic carbocycles. The average molecular weight is 393 g/mol. The number of para-hydroxylation sites is 1. The molecule has 6 nitrogen and oxygen atoms in total. The quantitative estimate of drug-likeness (QED) is 0.782. The van der Waals surface area contributed by atoms with Crippen molar-refractivity contribution in [1.29, 1.82) is 5.26 Å². The number of pyridine rings is 1. The summed E-state index contributed by atoms with van der Waals surface area (Å²) in [6.07, 6.45) is 2.65. The number of nitrogens with zero attached hydrogens (tertiary/aromatic N) is 2. The van der Waals surface area contributed by atoms with Gasteiger partial charge in [0.2, 0.25) is 0 Å². The van der Waals surface area contributed by atoms with E-state index in [1.54, 1.807) is 6.92 Å². The van der Waals surface area contributed by atoms with Gasteiger partial charge in [-0.2, -0.15) is 5.26 Å². The van der Waals surface area contributed by atoms with E-state index < -0.39 is 23.5 Å². The van der Waals surface area contributed by atoms with E-state index in [1.807, 2.05) is 38.1 Å². The minimum Gasteiger partial charge on any atom is -0.449 e. The second kappa shape index (κ2) is 8.20. The number of aromatic nitrogens is 1. The Labute approximate surface area is 171 Å². The predicted octanol–water partition coefficient (Wildman–Crippen LogP) is 3.71. The molecule has 0 unspecified atom stereocenters. The number of carbonyl (C=O) groups excluding carboxylic acids is 2. The Kier molecular flexibility index (Phi) is 5.88. The van der Waals surface area contributed by atoms with E-state index in [4.69, 9.17) is 9.72 Å². The summed E-state index contributed by atoms with van der Waals surface area (Å²) in [5.74, 6) is -1.09. The van der Waals surface area contributed by atoms with E-state index >= 15 is 0 Å². The van der Waals surface area contributed by atoms with E-state index in [-0.39, 0.29) is 5.92 Å². The monoisotopic (exact) mass is 393 g/mol. The van der Waals surface area contributed by atoms with Gasteiger partial charge in [0.25, 0.3) is 5.91 Å². The predicted molar refractivity (Wildman–Crippen MR) is 110 cm³/mol. The first kappa shape index (κ1) is 20.8. The van der Waals surface area contributed by atoms with Gasteiger partial charge in [0.05, 0.1) is 17.1 Å². The molecule has 0 spiro atoms. The molecule has 0 bridgehead atoms. The Morgan fingerprint density at radius 3 is 2.59 bits per heavy atom. The molecular formula is C23H27N3O3. The number of amides is 1. The summed E-state index contributed by atoms with van der Waals surface area (Å²) in [5, 5.41) is 12.9. The van der Waals surface area contributed by atoms with Crippen LogP contribution in [0.4, 0.5) is 0 Å². The molecule has 0 saturated heterocycles. The van der Waals surface area contributed by atoms with Crippen molar-refractivity contribution in [2.45, 2.75) is 65.0 Å². The van der Waals surface area contributed by atoms with Crippen molar-refractivity contribution in [1.82, 2.24) is 10.3 Å². The standard InChI is InChI=1S/C23H27N3O3/c1-14(2)23(4,13-24)26-21(27)15(3)29-22(28)20-16-9-5-7-11-18(16)25-19-12-8-6-10-17(19)20/h5,7,9,11,14-15H,6,8,10,12H2,1-4H3,(H,26,27)/t15-,23-/m1/s1. The highest BCUT2D eigenvalue weighted by molar-refractivity contribution is 6.05. The van der Waals surface area contributed by atoms with Crippen molar-refractivity contribution >= 4 is 22.8 Å². The molecule has 152 valence electrons. The number of benzene rings is 1. The van der Waals surface area contributed by atoms with E-state index in [2.05, 4.69) is 11.4 Å². The summed E-state index contributed by atoms with van der Waals surface area (Å²) < 4.78 is 5.55. The summed E-state index contributed by atoms with van der Waals surface area (Å²) >= 11 is 0. The molecule has 1 heterocycles. The minimum atomic E-state index is -1.03. The molecule has 6 heteroatoms. The molecule has 0 aliphatic heterocycles. The molecular weight excluding hydrogens is 366 g/mol. The lowest BCUT2D eigenvalue weighted by Gasteiger charge is -2.28. The molecule has 2 aromatic rings. The van der Waals surface area contributed by atoms with Gasteiger partial charge < -0.3 is 10.1 Å². The zero-order chi connectivity index (χ0) is 21.2. The summed E-state index contributed by atoms with van der Waals surface area (Å²) in [5.41, 5.74) is 2.11. The molecule has 0 fully saturated rings. The number of carbonyl (C=O) groups is 2. The lowest BCUT2D eigenvalue weighted by atomic mass is 9.89. The van der Waals surface area contributed by atoms with Crippen LogP contribution in [-0.2, 0) is 22.4 Å². The third kappa shape index (κ3) is 4.09. The number of nitrogens with one attached hydrogen (secondary N) is 1. The van der Waals surface area contributed by atoms with Crippen molar-refractivity contribution in [3.05, 3.63) is 41.1 Å². The molecule has 0 radical (unpaired) electrons. The summed E-state index contributed by atoms with van der Waals surface area (Å²) in [4.78, 5) is 30.4. The molecule has 3 rings (SSSR count). The maximum absolute atomic E-state index is 13.1. The highest BCUT2D eigenvalue weighted by Gasteiger charge is 2.33. The molecule has 1 N–H and O–H groups in total. The smallest absolute Gasteiger partial charge is 0.339 e. The maximum atomic E-state index is 13.1. The van der Waals surface area contributed by atoms with E-state index in [9.17, 15) is 14.9 Å². The van der Waals surface area contributed by atoms with Crippen molar-refractivity contribution in [2.24, 2.45) is 5.92 Å². The third-order valence-electron chi connectivity index (χ3n) is 5.80. The van der Waals surface area contributed by atoms with Gasteiger partial charge >= 0.3 is 5.97 Å². The number of hydrogen-bond donors (Lipinski definition) is 1. The van der Waals surface area contributed by atoms with Gasteiger partial charge in [0, 0.05) is 11.1 Å². The highest BCUT2D eigenvalue weighted by atomic mass is 16.5. The number of ether oxygens (including phenoxy) is 1. The van der Waals surface area contributed by atoms with Crippen LogP contribution in [0, 0.1) is 17.2 Å². The van der Waals surface area contributed by atoms with E-state index in [0.29, 0.717) is 5.56 Å². The van der Waals surface area contributed by atoms with Crippen molar-refractivity contribution < 1.29 is 14.3 Å². The first-order chi connectivity index (χ1) is 13.8. The second-order valence-corrected chi connectivity index (χ2v) is 8.14. The lowest BCUT2D eigenvalue weighted by molar-refractivity contribution is -0.130. The van der Waals surface area contributed by atoms with E-state index in [1.165, 1.54) is 6.92 Å². The number of esters is 1. The van der Waals surface area contributed by atoms with Gasteiger partial charge in [-0.05, 0) is 57.1 Å². The maximum Gasteiger partial charge on any atom is 0.339 e. The van der Waals surface area contributed by atoms with Crippen LogP contribution in [0.25, 0.3) is 10.9 Å². The van der Waals surface area contributed by atoms with Gasteiger partial charge in [0.15, 0.2) is 6.10 Å². The fraction of sp³-hybridized carbons (Fsp3) is 0.478. The Balaban J connectivity index is 1.88. The van der Waals surface area contributed by atoms with Crippen LogP contribution in [0.1, 0.15) is 62.2 Å². The van der Waals surface area contributed by atoms with Crippen molar-refractivity contribution in [3.63, 3.8) is 0 Å². The van der Waals surface area contributed by atoms with Crippen LogP contribution in [0.5, 0.6) is 0 Å². The summed E-state index contributed by atoms with van der Waals surface area (Å²) in [6, 6.07) is 9.65. The largest absolute Gasteiger partial charge is 0.449 e. The number of nitriles is 1. The van der Waals surface area contributed by atoms with Gasteiger partial charge in [-0.15, -0.1) is 0 Å². The Bertz CT molecular complexity index is 993. The Morgan fingerprint density at radius 2 is 1.90 bits per heavy atom. The fourth-order valence-corrected chi connectivity index (χ4v) is 3.54. The van der Waals surface area contributed by atoms with Crippen LogP contribution in [-0.4, -0.2) is 28.5 Å². The normalized spacial score (nSPS) is 16.4. The SMILES string of the molecule is CC(C)[C@@](C)(C#N)NC(=O)[C@@H](C)OC(=O)c1c2c(nc3ccccc13)CCCC2. The zero-order valence-electron chi connectivity index (χ0n) is 17.4. The van der Waals surface area contributed by atoms with Crippen molar-refractivity contribution in [2.75, 3.05) is 0 Å². The van der Waals surface area contributed by atoms with Crippen LogP contribution >= 0.6 is 0 Å². The lowest BCUT2D eigenvalue weighted by Crippen LogP contribution is -2.52.